The van der Waals surface area contributed by atoms with Gasteiger partial charge in [-0.2, -0.15) is 0 Å². The number of hydrogen-bond donors (Lipinski definition) is 3. The minimum Gasteiger partial charge on any atom is -0.383 e. The lowest BCUT2D eigenvalue weighted by Crippen LogP contribution is -3.14. The predicted octanol–water partition coefficient (Wildman–Crippen LogP) is 0.438. The van der Waals surface area contributed by atoms with Crippen LogP contribution in [0.4, 0.5) is 11.4 Å². The third-order valence-electron chi connectivity index (χ3n) is 4.13. The van der Waals surface area contributed by atoms with Crippen LogP contribution in [0.1, 0.15) is 19.8 Å². The summed E-state index contributed by atoms with van der Waals surface area (Å²) in [4.78, 5) is 23.4. The highest BCUT2D eigenvalue weighted by Crippen LogP contribution is 2.14. The molecule has 0 aromatic heterocycles. The number of likely N-dealkylation sites (tertiary alicyclic amines) is 1. The summed E-state index contributed by atoms with van der Waals surface area (Å²) in [6.45, 7) is 6.08. The highest BCUT2D eigenvalue weighted by molar-refractivity contribution is 5.76. The Morgan fingerprint density at radius 3 is 2.74 bits per heavy atom. The van der Waals surface area contributed by atoms with E-state index in [1.165, 1.54) is 29.9 Å². The minimum absolute atomic E-state index is 0.0718. The molecule has 1 heterocycles. The van der Waals surface area contributed by atoms with E-state index in [2.05, 4.69) is 17.6 Å². The zero-order valence-corrected chi connectivity index (χ0v) is 13.5. The summed E-state index contributed by atoms with van der Waals surface area (Å²) >= 11 is 0. The Balaban J connectivity index is 1.62. The molecule has 0 radical (unpaired) electrons. The Morgan fingerprint density at radius 1 is 1.35 bits per heavy atom. The molecule has 2 atom stereocenters. The van der Waals surface area contributed by atoms with Crippen LogP contribution < -0.4 is 15.5 Å². The van der Waals surface area contributed by atoms with Gasteiger partial charge in [-0.3, -0.25) is 14.9 Å². The maximum atomic E-state index is 11.9. The Kier molecular flexibility index (Phi) is 6.34. The number of nitrogens with zero attached hydrogens (tertiary/aromatic N) is 1. The van der Waals surface area contributed by atoms with Gasteiger partial charge in [0, 0.05) is 36.8 Å². The molecule has 7 heteroatoms. The average Bonchev–Trinajstić information content (AvgIpc) is 2.52. The van der Waals surface area contributed by atoms with Crippen LogP contribution >= 0.6 is 0 Å². The lowest BCUT2D eigenvalue weighted by atomic mass is 10.0. The molecular formula is C16H25N4O3+. The molecule has 2 rings (SSSR count). The summed E-state index contributed by atoms with van der Waals surface area (Å²) in [6, 6.07) is 6.25. The second kappa shape index (κ2) is 8.47. The average molecular weight is 321 g/mol. The fourth-order valence-electron chi connectivity index (χ4n) is 2.96. The topological polar surface area (TPSA) is 88.7 Å². The lowest BCUT2D eigenvalue weighted by molar-refractivity contribution is -0.900. The summed E-state index contributed by atoms with van der Waals surface area (Å²) in [7, 11) is 0. The Morgan fingerprint density at radius 2 is 2.09 bits per heavy atom. The molecule has 3 N–H and O–H groups in total. The van der Waals surface area contributed by atoms with Gasteiger partial charge in [-0.1, -0.05) is 6.92 Å². The fraction of sp³-hybridized carbons (Fsp3) is 0.562. The molecule has 1 aromatic carbocycles. The van der Waals surface area contributed by atoms with Crippen LogP contribution in [0.5, 0.6) is 0 Å². The normalized spacial score (nSPS) is 20.7. The van der Waals surface area contributed by atoms with Crippen LogP contribution in [0.25, 0.3) is 0 Å². The van der Waals surface area contributed by atoms with Crippen molar-refractivity contribution in [2.45, 2.75) is 19.8 Å². The van der Waals surface area contributed by atoms with Crippen molar-refractivity contribution in [2.24, 2.45) is 5.92 Å². The fourth-order valence-corrected chi connectivity index (χ4v) is 2.96. The van der Waals surface area contributed by atoms with Gasteiger partial charge in [-0.15, -0.1) is 0 Å². The summed E-state index contributed by atoms with van der Waals surface area (Å²) in [6.07, 6.45) is 2.47. The van der Waals surface area contributed by atoms with Crippen molar-refractivity contribution >= 4 is 17.3 Å². The summed E-state index contributed by atoms with van der Waals surface area (Å²) < 4.78 is 0. The quantitative estimate of drug-likeness (QED) is 0.386. The van der Waals surface area contributed by atoms with E-state index in [1.807, 2.05) is 0 Å². The first kappa shape index (κ1) is 17.2. The second-order valence-corrected chi connectivity index (χ2v) is 6.21. The van der Waals surface area contributed by atoms with Gasteiger partial charge in [0.05, 0.1) is 18.0 Å². The zero-order chi connectivity index (χ0) is 16.7. The van der Waals surface area contributed by atoms with Crippen molar-refractivity contribution in [1.82, 2.24) is 5.32 Å². The monoisotopic (exact) mass is 321 g/mol. The third-order valence-corrected chi connectivity index (χ3v) is 4.13. The van der Waals surface area contributed by atoms with Gasteiger partial charge in [-0.25, -0.2) is 0 Å². The molecule has 1 aliphatic heterocycles. The van der Waals surface area contributed by atoms with Crippen molar-refractivity contribution in [1.29, 1.82) is 0 Å². The molecule has 7 nitrogen and oxygen atoms in total. The maximum absolute atomic E-state index is 11.9. The van der Waals surface area contributed by atoms with E-state index < -0.39 is 4.92 Å². The molecule has 126 valence electrons. The predicted molar refractivity (Wildman–Crippen MR) is 88.6 cm³/mol. The third kappa shape index (κ3) is 5.86. The SMILES string of the molecule is C[C@@H]1CCC[NH+](CC(=O)NCCNc2ccc([N+](=O)[O-])cc2)C1. The number of rotatable bonds is 7. The van der Waals surface area contributed by atoms with Crippen LogP contribution in [0, 0.1) is 16.0 Å². The van der Waals surface area contributed by atoms with Crippen LogP contribution in [0.3, 0.4) is 0 Å². The number of nitro benzene ring substituents is 1. The first-order valence-corrected chi connectivity index (χ1v) is 8.13. The molecule has 23 heavy (non-hydrogen) atoms. The molecule has 1 saturated heterocycles. The van der Waals surface area contributed by atoms with Crippen LogP contribution in [0.2, 0.25) is 0 Å². The van der Waals surface area contributed by atoms with Crippen LogP contribution in [-0.4, -0.2) is 43.6 Å². The molecule has 0 bridgehead atoms. The summed E-state index contributed by atoms with van der Waals surface area (Å²) in [5.74, 6) is 0.787. The van der Waals surface area contributed by atoms with Crippen molar-refractivity contribution in [2.75, 3.05) is 38.0 Å². The van der Waals surface area contributed by atoms with Crippen molar-refractivity contribution in [3.05, 3.63) is 34.4 Å². The van der Waals surface area contributed by atoms with E-state index in [0.29, 0.717) is 25.6 Å². The molecular weight excluding hydrogens is 296 g/mol. The van der Waals surface area contributed by atoms with Gasteiger partial charge >= 0.3 is 0 Å². The standard InChI is InChI=1S/C16H24N4O3/c1-13-3-2-10-19(11-13)12-16(21)18-9-8-17-14-4-6-15(7-5-14)20(22)23/h4-7,13,17H,2-3,8-12H2,1H3,(H,18,21)/p+1/t13-/m1/s1. The number of carbonyl (C=O) groups excluding carboxylic acids is 1. The molecule has 1 amide bonds. The van der Waals surface area contributed by atoms with E-state index in [4.69, 9.17) is 0 Å². The van der Waals surface area contributed by atoms with Crippen molar-refractivity contribution < 1.29 is 14.6 Å². The molecule has 1 aromatic rings. The number of amides is 1. The Hall–Kier alpha value is -2.15. The number of hydrogen-bond acceptors (Lipinski definition) is 4. The summed E-state index contributed by atoms with van der Waals surface area (Å²) in [5, 5.41) is 16.6. The number of nitro groups is 1. The van der Waals surface area contributed by atoms with E-state index >= 15 is 0 Å². The molecule has 0 saturated carbocycles. The highest BCUT2D eigenvalue weighted by atomic mass is 16.6. The van der Waals surface area contributed by atoms with E-state index in [9.17, 15) is 14.9 Å². The van der Waals surface area contributed by atoms with Gasteiger partial charge in [-0.05, 0) is 25.0 Å². The smallest absolute Gasteiger partial charge is 0.275 e. The van der Waals surface area contributed by atoms with Crippen molar-refractivity contribution in [3.63, 3.8) is 0 Å². The number of anilines is 1. The van der Waals surface area contributed by atoms with Crippen LogP contribution in [0.15, 0.2) is 24.3 Å². The van der Waals surface area contributed by atoms with Gasteiger partial charge in [0.25, 0.3) is 11.6 Å². The van der Waals surface area contributed by atoms with E-state index in [0.717, 1.165) is 18.8 Å². The molecule has 1 unspecified atom stereocenters. The molecule has 1 fully saturated rings. The number of piperidine rings is 1. The molecule has 0 aliphatic carbocycles. The minimum atomic E-state index is -0.423. The second-order valence-electron chi connectivity index (χ2n) is 6.21. The first-order valence-electron chi connectivity index (χ1n) is 8.13. The Labute approximate surface area is 136 Å². The highest BCUT2D eigenvalue weighted by Gasteiger charge is 2.21. The first-order chi connectivity index (χ1) is 11.0. The largest absolute Gasteiger partial charge is 0.383 e. The van der Waals surface area contributed by atoms with E-state index in [1.54, 1.807) is 12.1 Å². The number of quaternary nitrogens is 1. The molecule has 1 aliphatic rings. The van der Waals surface area contributed by atoms with Gasteiger partial charge in [0.2, 0.25) is 0 Å². The number of carbonyl (C=O) groups is 1. The van der Waals surface area contributed by atoms with E-state index in [-0.39, 0.29) is 11.6 Å². The Bertz CT molecular complexity index is 533. The number of non-ortho nitro benzene ring substituents is 1. The number of nitrogens with one attached hydrogen (secondary N) is 3. The van der Waals surface area contributed by atoms with Gasteiger partial charge in [0.1, 0.15) is 0 Å². The lowest BCUT2D eigenvalue weighted by Gasteiger charge is -2.27. The van der Waals surface area contributed by atoms with Crippen LogP contribution in [-0.2, 0) is 4.79 Å². The van der Waals surface area contributed by atoms with Crippen molar-refractivity contribution in [3.8, 4) is 0 Å². The summed E-state index contributed by atoms with van der Waals surface area (Å²) in [5.41, 5.74) is 0.878. The molecule has 0 spiro atoms. The zero-order valence-electron chi connectivity index (χ0n) is 13.5. The maximum Gasteiger partial charge on any atom is 0.275 e. The number of benzene rings is 1. The van der Waals surface area contributed by atoms with Gasteiger partial charge in [0.15, 0.2) is 6.54 Å². The van der Waals surface area contributed by atoms with Gasteiger partial charge < -0.3 is 15.5 Å².